The second kappa shape index (κ2) is 12.6. The average molecular weight is 460 g/mol. The van der Waals surface area contributed by atoms with Gasteiger partial charge in [0.2, 0.25) is 11.8 Å². The molecule has 1 fully saturated rings. The molecule has 2 aliphatic heterocycles. The molecule has 180 valence electrons. The molecule has 1 unspecified atom stereocenters. The molecular weight excluding hydrogens is 426 g/mol. The first-order valence-electron chi connectivity index (χ1n) is 11.7. The van der Waals surface area contributed by atoms with Gasteiger partial charge in [0.15, 0.2) is 0 Å². The Balaban J connectivity index is 1.43. The lowest BCUT2D eigenvalue weighted by atomic mass is 9.98. The van der Waals surface area contributed by atoms with E-state index in [2.05, 4.69) is 5.32 Å². The maximum absolute atomic E-state index is 13.1. The lowest BCUT2D eigenvalue weighted by Crippen LogP contribution is -2.54. The number of ether oxygens (including phenoxy) is 2. The van der Waals surface area contributed by atoms with Crippen LogP contribution in [0.4, 0.5) is 0 Å². The minimum absolute atomic E-state index is 0.109. The number of amides is 4. The molecule has 3 N–H and O–H groups in total. The lowest BCUT2D eigenvalue weighted by molar-refractivity contribution is -0.136. The molecule has 33 heavy (non-hydrogen) atoms. The van der Waals surface area contributed by atoms with Gasteiger partial charge in [0.05, 0.1) is 11.1 Å². The molecule has 1 aromatic carbocycles. The Kier molecular flexibility index (Phi) is 9.53. The van der Waals surface area contributed by atoms with Crippen LogP contribution >= 0.6 is 0 Å². The predicted octanol–water partition coefficient (Wildman–Crippen LogP) is 1.57. The number of imide groups is 2. The Hall–Kier alpha value is -2.62. The zero-order chi connectivity index (χ0) is 23.6. The van der Waals surface area contributed by atoms with Crippen LogP contribution in [0.3, 0.4) is 0 Å². The van der Waals surface area contributed by atoms with E-state index in [0.29, 0.717) is 43.9 Å². The van der Waals surface area contributed by atoms with E-state index in [1.807, 2.05) is 6.07 Å². The SMILES string of the molecule is NCCCOCCCCOCCCCc1cccc2c1C(=O)N(C1CCC(=O)NC1=O)C2=O. The first kappa shape index (κ1) is 25.0. The first-order valence-corrected chi connectivity index (χ1v) is 11.7. The third-order valence-corrected chi connectivity index (χ3v) is 5.86. The fourth-order valence-corrected chi connectivity index (χ4v) is 4.11. The number of carbonyl (C=O) groups excluding carboxylic acids is 4. The fourth-order valence-electron chi connectivity index (χ4n) is 4.11. The van der Waals surface area contributed by atoms with Crippen molar-refractivity contribution >= 4 is 23.6 Å². The number of fused-ring (bicyclic) bond motifs is 1. The number of nitrogens with one attached hydrogen (secondary N) is 1. The van der Waals surface area contributed by atoms with E-state index in [1.54, 1.807) is 12.1 Å². The summed E-state index contributed by atoms with van der Waals surface area (Å²) in [5.74, 6) is -1.90. The summed E-state index contributed by atoms with van der Waals surface area (Å²) < 4.78 is 11.1. The molecule has 9 heteroatoms. The molecule has 1 aromatic rings. The summed E-state index contributed by atoms with van der Waals surface area (Å²) >= 11 is 0. The number of hydrogen-bond acceptors (Lipinski definition) is 7. The van der Waals surface area contributed by atoms with E-state index in [-0.39, 0.29) is 18.7 Å². The number of unbranched alkanes of at least 4 members (excludes halogenated alkanes) is 2. The van der Waals surface area contributed by atoms with Gasteiger partial charge in [-0.25, -0.2) is 0 Å². The van der Waals surface area contributed by atoms with Crippen molar-refractivity contribution in [2.45, 2.75) is 57.4 Å². The Morgan fingerprint density at radius 2 is 1.58 bits per heavy atom. The number of piperidine rings is 1. The fraction of sp³-hybridized carbons (Fsp3) is 0.583. The highest BCUT2D eigenvalue weighted by atomic mass is 16.5. The highest BCUT2D eigenvalue weighted by Gasteiger charge is 2.45. The number of rotatable bonds is 14. The zero-order valence-electron chi connectivity index (χ0n) is 19.0. The van der Waals surface area contributed by atoms with Gasteiger partial charge in [-0.3, -0.25) is 29.4 Å². The van der Waals surface area contributed by atoms with Crippen LogP contribution in [0.25, 0.3) is 0 Å². The van der Waals surface area contributed by atoms with Crippen molar-refractivity contribution in [2.75, 3.05) is 33.0 Å². The molecule has 0 bridgehead atoms. The van der Waals surface area contributed by atoms with Gasteiger partial charge in [-0.1, -0.05) is 12.1 Å². The average Bonchev–Trinajstić information content (AvgIpc) is 3.05. The zero-order valence-corrected chi connectivity index (χ0v) is 19.0. The van der Waals surface area contributed by atoms with Crippen LogP contribution in [0, 0.1) is 0 Å². The van der Waals surface area contributed by atoms with E-state index >= 15 is 0 Å². The molecule has 2 aliphatic rings. The Morgan fingerprint density at radius 1 is 0.909 bits per heavy atom. The van der Waals surface area contributed by atoms with Crippen molar-refractivity contribution in [1.82, 2.24) is 10.2 Å². The number of nitrogens with two attached hydrogens (primary N) is 1. The Labute approximate surface area is 194 Å². The van der Waals surface area contributed by atoms with E-state index in [4.69, 9.17) is 15.2 Å². The van der Waals surface area contributed by atoms with Crippen LogP contribution in [-0.4, -0.2) is 67.5 Å². The van der Waals surface area contributed by atoms with Gasteiger partial charge in [-0.05, 0) is 63.1 Å². The number of hydrogen-bond donors (Lipinski definition) is 2. The van der Waals surface area contributed by atoms with Crippen molar-refractivity contribution < 1.29 is 28.7 Å². The molecular formula is C24H33N3O6. The number of nitrogens with zero attached hydrogens (tertiary/aromatic N) is 1. The Bertz CT molecular complexity index is 872. The van der Waals surface area contributed by atoms with Crippen molar-refractivity contribution in [3.63, 3.8) is 0 Å². The Morgan fingerprint density at radius 3 is 2.24 bits per heavy atom. The molecule has 2 heterocycles. The summed E-state index contributed by atoms with van der Waals surface area (Å²) in [6.07, 6.45) is 5.36. The van der Waals surface area contributed by atoms with Crippen LogP contribution in [0.2, 0.25) is 0 Å². The quantitative estimate of drug-likeness (QED) is 0.319. The minimum Gasteiger partial charge on any atom is -0.381 e. The smallest absolute Gasteiger partial charge is 0.262 e. The summed E-state index contributed by atoms with van der Waals surface area (Å²) in [5, 5.41) is 2.22. The normalized spacial score (nSPS) is 18.1. The topological polar surface area (TPSA) is 128 Å². The number of benzene rings is 1. The predicted molar refractivity (Wildman–Crippen MR) is 121 cm³/mol. The van der Waals surface area contributed by atoms with E-state index in [0.717, 1.165) is 49.2 Å². The summed E-state index contributed by atoms with van der Waals surface area (Å²) in [4.78, 5) is 50.6. The van der Waals surface area contributed by atoms with Crippen LogP contribution in [0.5, 0.6) is 0 Å². The van der Waals surface area contributed by atoms with Gasteiger partial charge in [-0.2, -0.15) is 0 Å². The van der Waals surface area contributed by atoms with Gasteiger partial charge in [0, 0.05) is 32.8 Å². The van der Waals surface area contributed by atoms with Crippen molar-refractivity contribution in [3.05, 3.63) is 34.9 Å². The molecule has 4 amide bonds. The van der Waals surface area contributed by atoms with Gasteiger partial charge in [0.1, 0.15) is 6.04 Å². The van der Waals surface area contributed by atoms with Crippen LogP contribution in [0.15, 0.2) is 18.2 Å². The highest BCUT2D eigenvalue weighted by molar-refractivity contribution is 6.24. The molecule has 1 saturated heterocycles. The molecule has 3 rings (SSSR count). The van der Waals surface area contributed by atoms with Gasteiger partial charge in [0.25, 0.3) is 11.8 Å². The van der Waals surface area contributed by atoms with E-state index < -0.39 is 23.8 Å². The third-order valence-electron chi connectivity index (χ3n) is 5.86. The van der Waals surface area contributed by atoms with Crippen molar-refractivity contribution in [3.8, 4) is 0 Å². The second-order valence-corrected chi connectivity index (χ2v) is 8.32. The van der Waals surface area contributed by atoms with Crippen molar-refractivity contribution in [1.29, 1.82) is 0 Å². The van der Waals surface area contributed by atoms with E-state index in [9.17, 15) is 19.2 Å². The van der Waals surface area contributed by atoms with E-state index in [1.165, 1.54) is 0 Å². The monoisotopic (exact) mass is 459 g/mol. The first-order chi connectivity index (χ1) is 16.0. The number of carbonyl (C=O) groups is 4. The largest absolute Gasteiger partial charge is 0.381 e. The molecule has 0 spiro atoms. The van der Waals surface area contributed by atoms with Crippen LogP contribution < -0.4 is 11.1 Å². The van der Waals surface area contributed by atoms with Gasteiger partial charge < -0.3 is 15.2 Å². The summed E-state index contributed by atoms with van der Waals surface area (Å²) in [7, 11) is 0. The minimum atomic E-state index is -0.942. The number of aryl methyl sites for hydroxylation is 1. The summed E-state index contributed by atoms with van der Waals surface area (Å²) in [6.45, 7) is 3.41. The maximum Gasteiger partial charge on any atom is 0.262 e. The van der Waals surface area contributed by atoms with Gasteiger partial charge >= 0.3 is 0 Å². The molecule has 1 atom stereocenters. The van der Waals surface area contributed by atoms with Crippen LogP contribution in [-0.2, 0) is 25.5 Å². The molecule has 9 nitrogen and oxygen atoms in total. The summed E-state index contributed by atoms with van der Waals surface area (Å²) in [5.41, 5.74) is 6.92. The van der Waals surface area contributed by atoms with Crippen LogP contribution in [0.1, 0.15) is 71.2 Å². The lowest BCUT2D eigenvalue weighted by Gasteiger charge is -2.27. The maximum atomic E-state index is 13.1. The van der Waals surface area contributed by atoms with Gasteiger partial charge in [-0.15, -0.1) is 0 Å². The second-order valence-electron chi connectivity index (χ2n) is 8.32. The molecule has 0 aliphatic carbocycles. The highest BCUT2D eigenvalue weighted by Crippen LogP contribution is 2.30. The molecule has 0 saturated carbocycles. The van der Waals surface area contributed by atoms with Crippen molar-refractivity contribution in [2.24, 2.45) is 5.73 Å². The standard InChI is InChI=1S/C24H33N3O6/c25-12-6-16-33-15-4-3-14-32-13-2-1-7-17-8-5-9-18-21(17)24(31)27(23(18)30)19-10-11-20(28)26-22(19)29/h5,8-9,19H,1-4,6-7,10-16,25H2,(H,26,28,29). The molecule has 0 radical (unpaired) electrons. The summed E-state index contributed by atoms with van der Waals surface area (Å²) in [6, 6.07) is 4.29. The molecule has 0 aromatic heterocycles. The third kappa shape index (κ3) is 6.46.